The van der Waals surface area contributed by atoms with Gasteiger partial charge < -0.3 is 10.2 Å². The van der Waals surface area contributed by atoms with Crippen molar-refractivity contribution in [2.24, 2.45) is 0 Å². The maximum absolute atomic E-state index is 12.7. The third-order valence-corrected chi connectivity index (χ3v) is 5.73. The predicted octanol–water partition coefficient (Wildman–Crippen LogP) is 2.88. The highest BCUT2D eigenvalue weighted by Gasteiger charge is 2.27. The first-order chi connectivity index (χ1) is 13.7. The summed E-state index contributed by atoms with van der Waals surface area (Å²) in [7, 11) is 0. The van der Waals surface area contributed by atoms with Crippen LogP contribution in [0.1, 0.15) is 60.3 Å². The van der Waals surface area contributed by atoms with Gasteiger partial charge in [-0.05, 0) is 44.2 Å². The van der Waals surface area contributed by atoms with Crippen molar-refractivity contribution < 1.29 is 9.59 Å². The second-order valence-electron chi connectivity index (χ2n) is 7.68. The predicted molar refractivity (Wildman–Crippen MR) is 108 cm³/mol. The van der Waals surface area contributed by atoms with Gasteiger partial charge in [0.25, 0.3) is 5.91 Å². The van der Waals surface area contributed by atoms with Crippen molar-refractivity contribution in [3.63, 3.8) is 0 Å². The van der Waals surface area contributed by atoms with E-state index < -0.39 is 0 Å². The Kier molecular flexibility index (Phi) is 5.74. The summed E-state index contributed by atoms with van der Waals surface area (Å²) in [5, 5.41) is 7.53. The molecule has 1 aromatic carbocycles. The van der Waals surface area contributed by atoms with E-state index in [2.05, 4.69) is 10.4 Å². The van der Waals surface area contributed by atoms with Crippen LogP contribution in [0.2, 0.25) is 0 Å². The lowest BCUT2D eigenvalue weighted by atomic mass is 10.2. The van der Waals surface area contributed by atoms with Crippen molar-refractivity contribution in [2.75, 3.05) is 19.6 Å². The molecule has 2 heterocycles. The lowest BCUT2D eigenvalue weighted by Crippen LogP contribution is -2.35. The first kappa shape index (κ1) is 18.7. The van der Waals surface area contributed by atoms with Gasteiger partial charge in [-0.3, -0.25) is 9.59 Å². The Hall–Kier alpha value is -2.63. The average molecular weight is 380 g/mol. The molecule has 0 bridgehead atoms. The minimum atomic E-state index is -0.170. The Bertz CT molecular complexity index is 836. The molecule has 1 saturated heterocycles. The summed E-state index contributed by atoms with van der Waals surface area (Å²) in [4.78, 5) is 27.1. The van der Waals surface area contributed by atoms with Gasteiger partial charge in [0.2, 0.25) is 5.91 Å². The second kappa shape index (κ2) is 8.59. The van der Waals surface area contributed by atoms with Gasteiger partial charge in [0.1, 0.15) is 0 Å². The summed E-state index contributed by atoms with van der Waals surface area (Å²) >= 11 is 0. The van der Waals surface area contributed by atoms with E-state index >= 15 is 0 Å². The van der Waals surface area contributed by atoms with Gasteiger partial charge in [0, 0.05) is 37.3 Å². The van der Waals surface area contributed by atoms with Gasteiger partial charge >= 0.3 is 0 Å². The van der Waals surface area contributed by atoms with Gasteiger partial charge in [0.05, 0.1) is 5.69 Å². The van der Waals surface area contributed by atoms with Crippen LogP contribution in [0.15, 0.2) is 30.3 Å². The number of carbonyl (C=O) groups is 2. The van der Waals surface area contributed by atoms with Gasteiger partial charge in [0.15, 0.2) is 5.69 Å². The van der Waals surface area contributed by atoms with Gasteiger partial charge in [-0.15, -0.1) is 0 Å². The van der Waals surface area contributed by atoms with Crippen molar-refractivity contribution in [1.29, 1.82) is 0 Å². The summed E-state index contributed by atoms with van der Waals surface area (Å²) in [6.45, 7) is 2.06. The molecule has 1 N–H and O–H groups in total. The maximum Gasteiger partial charge on any atom is 0.272 e. The highest BCUT2D eigenvalue weighted by Crippen LogP contribution is 2.27. The van der Waals surface area contributed by atoms with Crippen LogP contribution in [-0.2, 0) is 17.6 Å². The molecule has 2 aliphatic rings. The van der Waals surface area contributed by atoms with Crippen LogP contribution in [-0.4, -0.2) is 46.1 Å². The molecule has 1 aliphatic heterocycles. The summed E-state index contributed by atoms with van der Waals surface area (Å²) < 4.78 is 1.90. The van der Waals surface area contributed by atoms with E-state index in [1.54, 1.807) is 0 Å². The quantitative estimate of drug-likeness (QED) is 0.867. The van der Waals surface area contributed by atoms with E-state index in [1.807, 2.05) is 39.9 Å². The van der Waals surface area contributed by atoms with E-state index in [-0.39, 0.29) is 11.8 Å². The molecule has 148 valence electrons. The zero-order valence-electron chi connectivity index (χ0n) is 16.3. The smallest absolute Gasteiger partial charge is 0.272 e. The molecular formula is C22H28N4O2. The summed E-state index contributed by atoms with van der Waals surface area (Å²) in [5.74, 6) is -0.0289. The van der Waals surface area contributed by atoms with E-state index in [0.717, 1.165) is 62.1 Å². The van der Waals surface area contributed by atoms with Crippen molar-refractivity contribution in [1.82, 2.24) is 20.0 Å². The number of hydrogen-bond acceptors (Lipinski definition) is 3. The zero-order valence-corrected chi connectivity index (χ0v) is 16.3. The fourth-order valence-electron chi connectivity index (χ4n) is 4.25. The molecule has 1 aromatic heterocycles. The Morgan fingerprint density at radius 2 is 1.71 bits per heavy atom. The van der Waals surface area contributed by atoms with Gasteiger partial charge in [-0.25, -0.2) is 4.68 Å². The van der Waals surface area contributed by atoms with Gasteiger partial charge in [-0.2, -0.15) is 5.10 Å². The highest BCUT2D eigenvalue weighted by atomic mass is 16.2. The number of hydrogen-bond donors (Lipinski definition) is 1. The number of nitrogens with zero attached hydrogens (tertiary/aromatic N) is 3. The van der Waals surface area contributed by atoms with Crippen molar-refractivity contribution >= 4 is 11.8 Å². The molecule has 2 amide bonds. The summed E-state index contributed by atoms with van der Waals surface area (Å²) in [6.07, 6.45) is 7.81. The van der Waals surface area contributed by atoms with Crippen LogP contribution in [0.25, 0.3) is 5.69 Å². The lowest BCUT2D eigenvalue weighted by molar-refractivity contribution is -0.131. The van der Waals surface area contributed by atoms with Crippen LogP contribution in [0.3, 0.4) is 0 Å². The second-order valence-corrected chi connectivity index (χ2v) is 7.68. The number of rotatable bonds is 5. The third kappa shape index (κ3) is 3.96. The van der Waals surface area contributed by atoms with E-state index in [4.69, 9.17) is 0 Å². The Labute approximate surface area is 165 Å². The number of likely N-dealkylation sites (tertiary alicyclic amines) is 1. The van der Waals surface area contributed by atoms with Crippen molar-refractivity contribution in [2.45, 2.75) is 51.4 Å². The summed E-state index contributed by atoms with van der Waals surface area (Å²) in [6, 6.07) is 9.95. The number of carbonyl (C=O) groups excluding carboxylic acids is 2. The van der Waals surface area contributed by atoms with E-state index in [0.29, 0.717) is 18.7 Å². The minimum Gasteiger partial charge on any atom is -0.350 e. The lowest BCUT2D eigenvalue weighted by Gasteiger charge is -2.20. The molecule has 0 atom stereocenters. The number of para-hydroxylation sites is 1. The fourth-order valence-corrected chi connectivity index (χ4v) is 4.25. The SMILES string of the molecule is O=C(NCCC(=O)N1CCCCCC1)c1nn(-c2ccccc2)c2c1CCC2. The first-order valence-corrected chi connectivity index (χ1v) is 10.5. The molecule has 4 rings (SSSR count). The number of benzene rings is 1. The third-order valence-electron chi connectivity index (χ3n) is 5.73. The molecule has 28 heavy (non-hydrogen) atoms. The Balaban J connectivity index is 1.39. The largest absolute Gasteiger partial charge is 0.350 e. The number of aromatic nitrogens is 2. The van der Waals surface area contributed by atoms with Crippen LogP contribution in [0.4, 0.5) is 0 Å². The molecule has 6 heteroatoms. The van der Waals surface area contributed by atoms with E-state index in [9.17, 15) is 9.59 Å². The molecule has 0 radical (unpaired) electrons. The monoisotopic (exact) mass is 380 g/mol. The Morgan fingerprint density at radius 3 is 2.46 bits per heavy atom. The average Bonchev–Trinajstić information content (AvgIpc) is 3.21. The number of fused-ring (bicyclic) bond motifs is 1. The normalized spacial score (nSPS) is 16.5. The van der Waals surface area contributed by atoms with Crippen molar-refractivity contribution in [3.8, 4) is 5.69 Å². The molecule has 1 fully saturated rings. The van der Waals surface area contributed by atoms with Crippen LogP contribution in [0, 0.1) is 0 Å². The van der Waals surface area contributed by atoms with Crippen LogP contribution < -0.4 is 5.32 Å². The highest BCUT2D eigenvalue weighted by molar-refractivity contribution is 5.94. The van der Waals surface area contributed by atoms with Gasteiger partial charge in [-0.1, -0.05) is 31.0 Å². The number of amides is 2. The van der Waals surface area contributed by atoms with Crippen molar-refractivity contribution in [3.05, 3.63) is 47.3 Å². The molecular weight excluding hydrogens is 352 g/mol. The molecule has 0 unspecified atom stereocenters. The maximum atomic E-state index is 12.7. The zero-order chi connectivity index (χ0) is 19.3. The molecule has 1 aliphatic carbocycles. The molecule has 2 aromatic rings. The molecule has 6 nitrogen and oxygen atoms in total. The standard InChI is InChI=1S/C22H28N4O2/c27-20(25-15-6-1-2-7-16-25)13-14-23-22(28)21-18-11-8-12-19(18)26(24-21)17-9-4-3-5-10-17/h3-5,9-10H,1-2,6-8,11-16H2,(H,23,28). The molecule has 0 spiro atoms. The minimum absolute atomic E-state index is 0.141. The van der Waals surface area contributed by atoms with Crippen LogP contribution >= 0.6 is 0 Å². The van der Waals surface area contributed by atoms with Crippen LogP contribution in [0.5, 0.6) is 0 Å². The number of nitrogens with one attached hydrogen (secondary N) is 1. The summed E-state index contributed by atoms with van der Waals surface area (Å²) in [5.41, 5.74) is 3.69. The van der Waals surface area contributed by atoms with E-state index in [1.165, 1.54) is 12.8 Å². The fraction of sp³-hybridized carbons (Fsp3) is 0.500. The molecule has 0 saturated carbocycles. The Morgan fingerprint density at radius 1 is 0.964 bits per heavy atom. The topological polar surface area (TPSA) is 67.2 Å². The first-order valence-electron chi connectivity index (χ1n) is 10.5.